The van der Waals surface area contributed by atoms with Crippen LogP contribution in [0.15, 0.2) is 94.7 Å². The number of amides is 2. The maximum Gasteiger partial charge on any atom is 0.258 e. The molecule has 2 aromatic heterocycles. The fourth-order valence-electron chi connectivity index (χ4n) is 4.19. The van der Waals surface area contributed by atoms with Gasteiger partial charge in [0.2, 0.25) is 21.7 Å². The lowest BCUT2D eigenvalue weighted by atomic mass is 10.2. The van der Waals surface area contributed by atoms with Crippen molar-refractivity contribution in [2.45, 2.75) is 9.79 Å². The lowest BCUT2D eigenvalue weighted by Crippen LogP contribution is -2.12. The van der Waals surface area contributed by atoms with Gasteiger partial charge in [-0.2, -0.15) is 0 Å². The Hall–Kier alpha value is -3.83. The third-order valence-corrected chi connectivity index (χ3v) is 9.26. The molecule has 0 bridgehead atoms. The summed E-state index contributed by atoms with van der Waals surface area (Å²) in [6.07, 6.45) is 0. The monoisotopic (exact) mass is 788 g/mol. The molecule has 41 heavy (non-hydrogen) atoms. The number of nitrogens with one attached hydrogen (secondary N) is 4. The molecular formula is C28H18I2N6O4S. The minimum atomic E-state index is -3.92. The maximum atomic E-state index is 13.5. The van der Waals surface area contributed by atoms with Crippen LogP contribution < -0.4 is 10.6 Å². The summed E-state index contributed by atoms with van der Waals surface area (Å²) < 4.78 is 28.9. The summed E-state index contributed by atoms with van der Waals surface area (Å²) in [5, 5.41) is 5.43. The molecule has 13 heteroatoms. The molecule has 0 aliphatic carbocycles. The number of carbonyl (C=O) groups excluding carboxylic acids is 2. The quantitative estimate of drug-likeness (QED) is 0.153. The molecule has 0 unspecified atom stereocenters. The van der Waals surface area contributed by atoms with Crippen LogP contribution in [0.1, 0.15) is 20.7 Å². The van der Waals surface area contributed by atoms with Crippen molar-refractivity contribution < 1.29 is 18.0 Å². The van der Waals surface area contributed by atoms with Crippen molar-refractivity contribution in [2.24, 2.45) is 0 Å². The molecule has 0 saturated carbocycles. The van der Waals surface area contributed by atoms with Gasteiger partial charge in [-0.15, -0.1) is 0 Å². The third kappa shape index (κ3) is 5.69. The fraction of sp³-hybridized carbons (Fsp3) is 0. The van der Waals surface area contributed by atoms with Crippen LogP contribution in [0, 0.1) is 7.14 Å². The highest BCUT2D eigenvalue weighted by Crippen LogP contribution is 2.27. The Balaban J connectivity index is 1.24. The first-order valence-electron chi connectivity index (χ1n) is 12.0. The first kappa shape index (κ1) is 27.3. The van der Waals surface area contributed by atoms with Crippen molar-refractivity contribution >= 4 is 101 Å². The van der Waals surface area contributed by atoms with Crippen LogP contribution in [0.2, 0.25) is 0 Å². The van der Waals surface area contributed by atoms with E-state index in [1.165, 1.54) is 24.3 Å². The summed E-state index contributed by atoms with van der Waals surface area (Å²) in [7, 11) is -3.92. The number of H-pyrrole nitrogens is 2. The maximum absolute atomic E-state index is 13.5. The number of hydrogen-bond donors (Lipinski definition) is 4. The van der Waals surface area contributed by atoms with Crippen LogP contribution in [0.25, 0.3) is 22.1 Å². The van der Waals surface area contributed by atoms with Gasteiger partial charge in [-0.05, 0) is 118 Å². The summed E-state index contributed by atoms with van der Waals surface area (Å²) in [6, 6.07) is 23.3. The summed E-state index contributed by atoms with van der Waals surface area (Å²) in [6.45, 7) is 0. The molecule has 0 aliphatic rings. The second-order valence-corrected chi connectivity index (χ2v) is 13.4. The summed E-state index contributed by atoms with van der Waals surface area (Å²) >= 11 is 4.25. The number of hydrogen-bond acceptors (Lipinski definition) is 6. The average Bonchev–Trinajstić information content (AvgIpc) is 3.54. The van der Waals surface area contributed by atoms with E-state index in [4.69, 9.17) is 0 Å². The van der Waals surface area contributed by atoms with E-state index in [2.05, 4.69) is 75.8 Å². The average molecular weight is 788 g/mol. The smallest absolute Gasteiger partial charge is 0.258 e. The number of benzene rings is 4. The summed E-state index contributed by atoms with van der Waals surface area (Å²) in [5.41, 5.74) is 2.86. The summed E-state index contributed by atoms with van der Waals surface area (Å²) in [5.74, 6) is -0.260. The van der Waals surface area contributed by atoms with Gasteiger partial charge < -0.3 is 9.97 Å². The van der Waals surface area contributed by atoms with Gasteiger partial charge in [0.05, 0.1) is 31.9 Å². The number of carbonyl (C=O) groups is 2. The third-order valence-electron chi connectivity index (χ3n) is 6.16. The highest BCUT2D eigenvalue weighted by molar-refractivity contribution is 14.1. The predicted octanol–water partition coefficient (Wildman–Crippen LogP) is 5.99. The summed E-state index contributed by atoms with van der Waals surface area (Å²) in [4.78, 5) is 40.0. The number of sulfone groups is 1. The molecule has 204 valence electrons. The van der Waals surface area contributed by atoms with Crippen molar-refractivity contribution in [3.05, 3.63) is 103 Å². The molecular weight excluding hydrogens is 770 g/mol. The zero-order valence-electron chi connectivity index (χ0n) is 20.8. The Kier molecular flexibility index (Phi) is 7.25. The van der Waals surface area contributed by atoms with Crippen molar-refractivity contribution in [3.8, 4) is 0 Å². The van der Waals surface area contributed by atoms with Gasteiger partial charge in [0, 0.05) is 18.3 Å². The second-order valence-electron chi connectivity index (χ2n) is 8.96. The largest absolute Gasteiger partial charge is 0.324 e. The Morgan fingerprint density at radius 1 is 0.634 bits per heavy atom. The van der Waals surface area contributed by atoms with Gasteiger partial charge in [-0.3, -0.25) is 20.2 Å². The van der Waals surface area contributed by atoms with Crippen molar-refractivity contribution in [3.63, 3.8) is 0 Å². The second kappa shape index (κ2) is 10.9. The molecule has 0 saturated heterocycles. The highest BCUT2D eigenvalue weighted by Gasteiger charge is 2.21. The van der Waals surface area contributed by atoms with E-state index in [1.54, 1.807) is 48.5 Å². The standard InChI is InChI=1S/C28H18I2N6O4S/c29-17-5-1-3-15(11-17)25(37)35-27-31-21-9-7-19(13-23(21)33-27)41(39,40)20-8-10-22-24(14-20)34-28(32-22)36-26(38)16-4-2-6-18(30)12-16/h1-14H,(H2,31,33,35,37)(H2,32,34,36,38). The Morgan fingerprint density at radius 3 is 1.49 bits per heavy atom. The van der Waals surface area contributed by atoms with Crippen LogP contribution >= 0.6 is 45.2 Å². The molecule has 6 rings (SSSR count). The molecule has 0 fully saturated rings. The van der Waals surface area contributed by atoms with Gasteiger partial charge in [0.25, 0.3) is 11.8 Å². The first-order valence-corrected chi connectivity index (χ1v) is 15.7. The normalized spacial score (nSPS) is 11.6. The SMILES string of the molecule is O=C(Nc1nc2ccc(S(=O)(=O)c3ccc4nc(NC(=O)c5cccc(I)c5)[nH]c4c3)cc2[nH]1)c1cccc(I)c1. The lowest BCUT2D eigenvalue weighted by Gasteiger charge is -2.05. The van der Waals surface area contributed by atoms with Gasteiger partial charge in [0.1, 0.15) is 0 Å². The Bertz CT molecular complexity index is 1960. The van der Waals surface area contributed by atoms with E-state index in [9.17, 15) is 18.0 Å². The predicted molar refractivity (Wildman–Crippen MR) is 172 cm³/mol. The molecule has 0 aliphatic heterocycles. The number of aromatic nitrogens is 4. The van der Waals surface area contributed by atoms with E-state index in [0.717, 1.165) is 7.14 Å². The van der Waals surface area contributed by atoms with Crippen molar-refractivity contribution in [1.29, 1.82) is 0 Å². The number of nitrogens with zero attached hydrogens (tertiary/aromatic N) is 2. The van der Waals surface area contributed by atoms with Crippen LogP contribution in [0.4, 0.5) is 11.9 Å². The topological polar surface area (TPSA) is 150 Å². The number of anilines is 2. The van der Waals surface area contributed by atoms with E-state index in [1.807, 2.05) is 12.1 Å². The van der Waals surface area contributed by atoms with Gasteiger partial charge in [-0.1, -0.05) is 12.1 Å². The van der Waals surface area contributed by atoms with Gasteiger partial charge in [0.15, 0.2) is 0 Å². The van der Waals surface area contributed by atoms with Gasteiger partial charge in [-0.25, -0.2) is 18.4 Å². The molecule has 2 amide bonds. The van der Waals surface area contributed by atoms with Crippen LogP contribution in [0.3, 0.4) is 0 Å². The number of fused-ring (bicyclic) bond motifs is 2. The Labute approximate surface area is 260 Å². The molecule has 0 atom stereocenters. The number of halogens is 2. The minimum absolute atomic E-state index is 0.0511. The highest BCUT2D eigenvalue weighted by atomic mass is 127. The number of rotatable bonds is 6. The molecule has 2 heterocycles. The first-order chi connectivity index (χ1) is 19.7. The lowest BCUT2D eigenvalue weighted by molar-refractivity contribution is 0.101. The zero-order chi connectivity index (χ0) is 28.7. The fourth-order valence-corrected chi connectivity index (χ4v) is 6.58. The minimum Gasteiger partial charge on any atom is -0.324 e. The molecule has 0 spiro atoms. The number of aromatic amines is 2. The zero-order valence-corrected chi connectivity index (χ0v) is 25.9. The van der Waals surface area contributed by atoms with Crippen LogP contribution in [0.5, 0.6) is 0 Å². The van der Waals surface area contributed by atoms with Gasteiger partial charge >= 0.3 is 0 Å². The molecule has 6 aromatic rings. The van der Waals surface area contributed by atoms with Crippen molar-refractivity contribution in [1.82, 2.24) is 19.9 Å². The van der Waals surface area contributed by atoms with Crippen LogP contribution in [-0.2, 0) is 9.84 Å². The number of imidazole rings is 2. The van der Waals surface area contributed by atoms with E-state index < -0.39 is 9.84 Å². The van der Waals surface area contributed by atoms with E-state index in [0.29, 0.717) is 33.2 Å². The van der Waals surface area contributed by atoms with Crippen LogP contribution in [-0.4, -0.2) is 40.2 Å². The Morgan fingerprint density at radius 2 is 1.07 bits per heavy atom. The molecule has 10 nitrogen and oxygen atoms in total. The molecule has 4 aromatic carbocycles. The van der Waals surface area contributed by atoms with E-state index >= 15 is 0 Å². The van der Waals surface area contributed by atoms with Crippen molar-refractivity contribution in [2.75, 3.05) is 10.6 Å². The molecule has 0 radical (unpaired) electrons. The van der Waals surface area contributed by atoms with E-state index in [-0.39, 0.29) is 33.5 Å². The molecule has 4 N–H and O–H groups in total.